The van der Waals surface area contributed by atoms with Crippen molar-refractivity contribution in [3.05, 3.63) is 31.9 Å². The Hall–Kier alpha value is -1.38. The summed E-state index contributed by atoms with van der Waals surface area (Å²) in [6.07, 6.45) is 1.03. The number of carbonyl (C=O) groups is 1. The molecule has 0 saturated carbocycles. The summed E-state index contributed by atoms with van der Waals surface area (Å²) in [6.45, 7) is 1.49. The molecule has 1 aliphatic rings. The first kappa shape index (κ1) is 14.0. The Morgan fingerprint density at radius 1 is 1.58 bits per heavy atom. The molecule has 1 atom stereocenters. The minimum absolute atomic E-state index is 0.0782. The molecule has 0 radical (unpaired) electrons. The minimum Gasteiger partial charge on any atom is -0.481 e. The summed E-state index contributed by atoms with van der Waals surface area (Å²) in [6, 6.07) is 4.77. The second kappa shape index (κ2) is 5.72. The van der Waals surface area contributed by atoms with E-state index in [1.54, 1.807) is 12.1 Å². The van der Waals surface area contributed by atoms with Crippen molar-refractivity contribution in [1.29, 1.82) is 0 Å². The summed E-state index contributed by atoms with van der Waals surface area (Å²) in [5.41, 5.74) is 1.02. The molecule has 6 nitrogen and oxygen atoms in total. The molecule has 7 heteroatoms. The largest absolute Gasteiger partial charge is 0.481 e. The van der Waals surface area contributed by atoms with E-state index in [-0.39, 0.29) is 18.0 Å². The van der Waals surface area contributed by atoms with Crippen molar-refractivity contribution in [3.8, 4) is 0 Å². The predicted octanol–water partition coefficient (Wildman–Crippen LogP) is 2.50. The van der Waals surface area contributed by atoms with Crippen LogP contribution in [-0.2, 0) is 4.79 Å². The second-order valence-electron chi connectivity index (χ2n) is 4.59. The van der Waals surface area contributed by atoms with Crippen molar-refractivity contribution in [2.75, 3.05) is 18.0 Å². The van der Waals surface area contributed by atoms with Crippen LogP contribution >= 0.6 is 22.6 Å². The Bertz CT molecular complexity index is 520. The van der Waals surface area contributed by atoms with Crippen LogP contribution in [0.2, 0.25) is 0 Å². The number of aliphatic carboxylic acids is 1. The zero-order chi connectivity index (χ0) is 14.0. The Kier molecular flexibility index (Phi) is 4.23. The van der Waals surface area contributed by atoms with Crippen LogP contribution in [0, 0.1) is 19.6 Å². The highest BCUT2D eigenvalue weighted by Gasteiger charge is 2.26. The lowest BCUT2D eigenvalue weighted by atomic mass is 10.1. The number of nitrogens with zero attached hydrogens (tertiary/aromatic N) is 2. The van der Waals surface area contributed by atoms with Gasteiger partial charge in [-0.05, 0) is 41.0 Å². The zero-order valence-corrected chi connectivity index (χ0v) is 12.2. The number of non-ortho nitro benzene ring substituents is 1. The number of carboxylic acid groups (broad SMARTS) is 1. The molecular formula is C12H13IN2O4. The third-order valence-electron chi connectivity index (χ3n) is 3.23. The molecule has 1 saturated heterocycles. The highest BCUT2D eigenvalue weighted by atomic mass is 127. The van der Waals surface area contributed by atoms with Gasteiger partial charge < -0.3 is 10.0 Å². The van der Waals surface area contributed by atoms with Crippen LogP contribution in [0.25, 0.3) is 0 Å². The van der Waals surface area contributed by atoms with Gasteiger partial charge in [0.2, 0.25) is 0 Å². The van der Waals surface area contributed by atoms with Gasteiger partial charge in [0, 0.05) is 35.2 Å². The summed E-state index contributed by atoms with van der Waals surface area (Å²) >= 11 is 2.08. The van der Waals surface area contributed by atoms with Gasteiger partial charge in [0.05, 0.1) is 10.6 Å². The van der Waals surface area contributed by atoms with E-state index in [0.29, 0.717) is 6.54 Å². The van der Waals surface area contributed by atoms with E-state index >= 15 is 0 Å². The van der Waals surface area contributed by atoms with E-state index in [4.69, 9.17) is 5.11 Å². The average Bonchev–Trinajstić information content (AvgIpc) is 2.76. The Morgan fingerprint density at radius 2 is 2.32 bits per heavy atom. The minimum atomic E-state index is -0.773. The molecule has 0 spiro atoms. The first-order chi connectivity index (χ1) is 8.97. The molecule has 0 amide bonds. The third-order valence-corrected chi connectivity index (χ3v) is 4.10. The first-order valence-corrected chi connectivity index (χ1v) is 6.96. The lowest BCUT2D eigenvalue weighted by molar-refractivity contribution is -0.384. The molecule has 1 aromatic carbocycles. The van der Waals surface area contributed by atoms with E-state index in [9.17, 15) is 14.9 Å². The fourth-order valence-corrected chi connectivity index (χ4v) is 3.17. The van der Waals surface area contributed by atoms with Crippen molar-refractivity contribution < 1.29 is 14.8 Å². The number of rotatable bonds is 4. The maximum atomic E-state index is 10.7. The number of benzene rings is 1. The number of anilines is 1. The van der Waals surface area contributed by atoms with E-state index in [0.717, 1.165) is 22.2 Å². The maximum absolute atomic E-state index is 10.7. The first-order valence-electron chi connectivity index (χ1n) is 5.88. The second-order valence-corrected chi connectivity index (χ2v) is 5.75. The van der Waals surface area contributed by atoms with Crippen LogP contribution in [0.4, 0.5) is 11.4 Å². The maximum Gasteiger partial charge on any atom is 0.303 e. The van der Waals surface area contributed by atoms with E-state index in [2.05, 4.69) is 27.5 Å². The van der Waals surface area contributed by atoms with E-state index < -0.39 is 10.9 Å². The number of hydrogen-bond acceptors (Lipinski definition) is 4. The van der Waals surface area contributed by atoms with E-state index in [1.807, 2.05) is 0 Å². The summed E-state index contributed by atoms with van der Waals surface area (Å²) < 4.78 is 0.822. The van der Waals surface area contributed by atoms with Crippen molar-refractivity contribution >= 4 is 39.9 Å². The van der Waals surface area contributed by atoms with Crippen LogP contribution in [0.5, 0.6) is 0 Å². The van der Waals surface area contributed by atoms with Gasteiger partial charge in [-0.1, -0.05) is 0 Å². The predicted molar refractivity (Wildman–Crippen MR) is 78.4 cm³/mol. The monoisotopic (exact) mass is 376 g/mol. The molecule has 102 valence electrons. The molecule has 19 heavy (non-hydrogen) atoms. The topological polar surface area (TPSA) is 83.7 Å². The van der Waals surface area contributed by atoms with Gasteiger partial charge in [-0.2, -0.15) is 0 Å². The standard InChI is InChI=1S/C12H13IN2O4/c13-10-6-9(15(18)19)1-2-11(10)14-4-3-8(7-14)5-12(16)17/h1-2,6,8H,3-5,7H2,(H,16,17). The van der Waals surface area contributed by atoms with Gasteiger partial charge in [0.25, 0.3) is 5.69 Å². The van der Waals surface area contributed by atoms with Crippen molar-refractivity contribution in [2.24, 2.45) is 5.92 Å². The lowest BCUT2D eigenvalue weighted by Crippen LogP contribution is -2.21. The number of hydrogen-bond donors (Lipinski definition) is 1. The molecule has 1 N–H and O–H groups in total. The Morgan fingerprint density at radius 3 is 2.89 bits per heavy atom. The highest BCUT2D eigenvalue weighted by molar-refractivity contribution is 14.1. The van der Waals surface area contributed by atoms with Crippen LogP contribution < -0.4 is 4.90 Å². The van der Waals surface area contributed by atoms with Crippen LogP contribution in [-0.4, -0.2) is 29.1 Å². The van der Waals surface area contributed by atoms with Crippen LogP contribution in [0.3, 0.4) is 0 Å². The van der Waals surface area contributed by atoms with Crippen molar-refractivity contribution in [3.63, 3.8) is 0 Å². The molecule has 1 aliphatic heterocycles. The molecule has 1 fully saturated rings. The highest BCUT2D eigenvalue weighted by Crippen LogP contribution is 2.31. The van der Waals surface area contributed by atoms with Gasteiger partial charge in [-0.25, -0.2) is 0 Å². The molecule has 0 bridgehead atoms. The molecule has 2 rings (SSSR count). The van der Waals surface area contributed by atoms with Crippen molar-refractivity contribution in [2.45, 2.75) is 12.8 Å². The fourth-order valence-electron chi connectivity index (χ4n) is 2.33. The van der Waals surface area contributed by atoms with Crippen LogP contribution in [0.1, 0.15) is 12.8 Å². The van der Waals surface area contributed by atoms with Crippen molar-refractivity contribution in [1.82, 2.24) is 0 Å². The van der Waals surface area contributed by atoms with Gasteiger partial charge in [0.1, 0.15) is 0 Å². The van der Waals surface area contributed by atoms with Crippen LogP contribution in [0.15, 0.2) is 18.2 Å². The lowest BCUT2D eigenvalue weighted by Gasteiger charge is -2.19. The third kappa shape index (κ3) is 3.34. The zero-order valence-electron chi connectivity index (χ0n) is 10.1. The molecule has 0 aliphatic carbocycles. The summed E-state index contributed by atoms with van der Waals surface area (Å²) in [5.74, 6) is -0.617. The number of nitro groups is 1. The molecule has 1 unspecified atom stereocenters. The number of halogens is 1. The summed E-state index contributed by atoms with van der Waals surface area (Å²) in [7, 11) is 0. The summed E-state index contributed by atoms with van der Waals surface area (Å²) in [5, 5.41) is 19.5. The Balaban J connectivity index is 2.11. The van der Waals surface area contributed by atoms with Gasteiger partial charge >= 0.3 is 5.97 Å². The molecular weight excluding hydrogens is 363 g/mol. The number of carboxylic acids is 1. The average molecular weight is 376 g/mol. The quantitative estimate of drug-likeness (QED) is 0.496. The fraction of sp³-hybridized carbons (Fsp3) is 0.417. The van der Waals surface area contributed by atoms with Gasteiger partial charge in [0.15, 0.2) is 0 Å². The smallest absolute Gasteiger partial charge is 0.303 e. The van der Waals surface area contributed by atoms with Gasteiger partial charge in [-0.3, -0.25) is 14.9 Å². The van der Waals surface area contributed by atoms with E-state index in [1.165, 1.54) is 6.07 Å². The Labute approximate surface area is 123 Å². The van der Waals surface area contributed by atoms with Gasteiger partial charge in [-0.15, -0.1) is 0 Å². The normalized spacial score (nSPS) is 18.6. The SMILES string of the molecule is O=C(O)CC1CCN(c2ccc([N+](=O)[O-])cc2I)C1. The summed E-state index contributed by atoms with van der Waals surface area (Å²) in [4.78, 5) is 23.1. The molecule has 1 aromatic rings. The molecule has 0 aromatic heterocycles. The number of nitro benzene ring substituents is 1. The molecule has 1 heterocycles.